The van der Waals surface area contributed by atoms with Crippen molar-refractivity contribution in [3.05, 3.63) is 21.3 Å². The molecule has 0 unspecified atom stereocenters. The number of aromatic nitrogens is 1. The molecule has 106 valence electrons. The fraction of sp³-hybridized carbons (Fsp3) is 0.444. The van der Waals surface area contributed by atoms with E-state index < -0.39 is 6.72 Å². The predicted molar refractivity (Wildman–Crippen MR) is 86.0 cm³/mol. The van der Waals surface area contributed by atoms with E-state index in [1.54, 1.807) is 13.8 Å². The van der Waals surface area contributed by atoms with E-state index in [2.05, 4.69) is 4.98 Å². The van der Waals surface area contributed by atoms with Crippen molar-refractivity contribution in [1.29, 1.82) is 0 Å². The molecule has 19 heavy (non-hydrogen) atoms. The first-order valence-electron chi connectivity index (χ1n) is 5.02. The molecule has 0 aliphatic carbocycles. The Morgan fingerprint density at radius 2 is 1.68 bits per heavy atom. The van der Waals surface area contributed by atoms with Gasteiger partial charge in [-0.25, -0.2) is 0 Å². The van der Waals surface area contributed by atoms with Crippen LogP contribution in [0.2, 0.25) is 15.2 Å². The zero-order valence-electron chi connectivity index (χ0n) is 9.65. The van der Waals surface area contributed by atoms with Gasteiger partial charge in [0.05, 0.1) is 18.2 Å². The zero-order valence-corrected chi connectivity index (χ0v) is 13.6. The molecule has 1 aromatic rings. The maximum atomic E-state index is 5.94. The van der Waals surface area contributed by atoms with Crippen LogP contribution in [-0.2, 0) is 20.9 Å². The first-order chi connectivity index (χ1) is 8.41. The molecule has 0 saturated carbocycles. The molecule has 0 amide bonds. The number of hydrogen-bond donors (Lipinski definition) is 0. The first kappa shape index (κ1) is 20.6. The Balaban J connectivity index is 0.00000324. The van der Waals surface area contributed by atoms with Crippen LogP contribution < -0.4 is 4.52 Å². The third-order valence-electron chi connectivity index (χ3n) is 1.63. The summed E-state index contributed by atoms with van der Waals surface area (Å²) in [5, 5.41) is 0.499. The normalized spacial score (nSPS) is 11.0. The summed E-state index contributed by atoms with van der Waals surface area (Å²) in [6.45, 7) is 1.37. The Morgan fingerprint density at radius 3 is 2.16 bits per heavy atom. The molecule has 0 atom stereocenters. The van der Waals surface area contributed by atoms with Crippen molar-refractivity contribution in [2.45, 2.75) is 13.8 Å². The van der Waals surface area contributed by atoms with E-state index in [1.807, 2.05) is 0 Å². The topological polar surface area (TPSA) is 40.6 Å². The summed E-state index contributed by atoms with van der Waals surface area (Å²) in [4.78, 5) is 3.90. The summed E-state index contributed by atoms with van der Waals surface area (Å²) in [6, 6.07) is 1.42. The van der Waals surface area contributed by atoms with Gasteiger partial charge in [0.2, 0.25) is 5.88 Å². The Labute approximate surface area is 162 Å². The van der Waals surface area contributed by atoms with Gasteiger partial charge in [-0.2, -0.15) is 4.98 Å². The molecular formula is C9H13CaCl3NO3PS. The standard InChI is InChI=1S/C9H11Cl3NO3PS.Ca.2H/c1-3-14-17(18,15-4-2)16-9-7(11)5-6(10)8(12)13-9;;;/h5H,3-4H2,1-2H3;;;. The van der Waals surface area contributed by atoms with Crippen molar-refractivity contribution in [2.75, 3.05) is 13.2 Å². The SMILES string of the molecule is CCOP(=S)(OCC)Oc1nc(Cl)c(Cl)cc1Cl.[CaH2]. The molecule has 0 fully saturated rings. The van der Waals surface area contributed by atoms with Crippen LogP contribution in [0.15, 0.2) is 6.07 Å². The summed E-state index contributed by atoms with van der Waals surface area (Å²) in [5.74, 6) is 0.0521. The molecule has 0 aromatic carbocycles. The Morgan fingerprint density at radius 1 is 1.16 bits per heavy atom. The van der Waals surface area contributed by atoms with Gasteiger partial charge in [-0.05, 0) is 19.9 Å². The van der Waals surface area contributed by atoms with Crippen LogP contribution in [0.3, 0.4) is 0 Å². The van der Waals surface area contributed by atoms with Gasteiger partial charge >= 0.3 is 44.5 Å². The van der Waals surface area contributed by atoms with Crippen molar-refractivity contribution in [2.24, 2.45) is 0 Å². The third kappa shape index (κ3) is 6.52. The molecule has 10 heteroatoms. The van der Waals surface area contributed by atoms with Crippen LogP contribution in [0.1, 0.15) is 13.8 Å². The fourth-order valence-corrected chi connectivity index (χ4v) is 3.59. The van der Waals surface area contributed by atoms with Crippen LogP contribution in [0.5, 0.6) is 5.88 Å². The van der Waals surface area contributed by atoms with Crippen molar-refractivity contribution < 1.29 is 13.6 Å². The number of rotatable bonds is 6. The maximum absolute atomic E-state index is 5.94. The van der Waals surface area contributed by atoms with Crippen LogP contribution in [0.4, 0.5) is 0 Å². The minimum atomic E-state index is -2.92. The van der Waals surface area contributed by atoms with Crippen LogP contribution >= 0.6 is 41.5 Å². The molecule has 1 aromatic heterocycles. The van der Waals surface area contributed by atoms with Crippen LogP contribution in [-0.4, -0.2) is 55.9 Å². The molecule has 4 nitrogen and oxygen atoms in total. The van der Waals surface area contributed by atoms with Gasteiger partial charge in [0, 0.05) is 11.8 Å². The first-order valence-corrected chi connectivity index (χ1v) is 8.71. The van der Waals surface area contributed by atoms with Gasteiger partial charge in [0.1, 0.15) is 5.02 Å². The Bertz CT molecular complexity index is 470. The Kier molecular flexibility index (Phi) is 10.5. The molecule has 0 radical (unpaired) electrons. The van der Waals surface area contributed by atoms with Crippen molar-refractivity contribution >= 4 is 91.1 Å². The average Bonchev–Trinajstić information content (AvgIpc) is 2.26. The molecular weight excluding hydrogens is 380 g/mol. The van der Waals surface area contributed by atoms with Crippen molar-refractivity contribution in [3.8, 4) is 5.88 Å². The summed E-state index contributed by atoms with van der Waals surface area (Å²) in [6.07, 6.45) is 0. The quantitative estimate of drug-likeness (QED) is 0.418. The zero-order chi connectivity index (χ0) is 13.8. The van der Waals surface area contributed by atoms with Gasteiger partial charge in [0.25, 0.3) is 0 Å². The van der Waals surface area contributed by atoms with Gasteiger partial charge in [0.15, 0.2) is 5.15 Å². The molecule has 0 bridgehead atoms. The molecule has 1 heterocycles. The summed E-state index contributed by atoms with van der Waals surface area (Å²) < 4.78 is 16.1. The second kappa shape index (κ2) is 9.62. The summed E-state index contributed by atoms with van der Waals surface area (Å²) >= 11 is 22.7. The molecule has 1 rings (SSSR count). The molecule has 0 saturated heterocycles. The second-order valence-electron chi connectivity index (χ2n) is 2.92. The molecule has 0 aliphatic heterocycles. The molecule has 0 spiro atoms. The van der Waals surface area contributed by atoms with Gasteiger partial charge in [-0.1, -0.05) is 34.8 Å². The summed E-state index contributed by atoms with van der Waals surface area (Å²) in [5.41, 5.74) is 0. The second-order valence-corrected chi connectivity index (χ2v) is 7.03. The molecule has 0 aliphatic rings. The third-order valence-corrected chi connectivity index (χ3v) is 4.97. The van der Waals surface area contributed by atoms with Crippen LogP contribution in [0, 0.1) is 0 Å². The minimum absolute atomic E-state index is 0. The Hall–Kier alpha value is 1.65. The number of pyridine rings is 1. The van der Waals surface area contributed by atoms with Gasteiger partial charge in [-0.3, -0.25) is 9.05 Å². The van der Waals surface area contributed by atoms with E-state index >= 15 is 0 Å². The molecule has 0 N–H and O–H groups in total. The number of hydrogen-bond acceptors (Lipinski definition) is 5. The van der Waals surface area contributed by atoms with Crippen LogP contribution in [0.25, 0.3) is 0 Å². The van der Waals surface area contributed by atoms with E-state index in [9.17, 15) is 0 Å². The number of nitrogens with zero attached hydrogens (tertiary/aromatic N) is 1. The van der Waals surface area contributed by atoms with E-state index in [4.69, 9.17) is 60.2 Å². The fourth-order valence-electron chi connectivity index (χ4n) is 1.00. The van der Waals surface area contributed by atoms with Gasteiger partial charge < -0.3 is 4.52 Å². The van der Waals surface area contributed by atoms with E-state index in [0.29, 0.717) is 13.2 Å². The van der Waals surface area contributed by atoms with E-state index in [0.717, 1.165) is 0 Å². The summed E-state index contributed by atoms with van der Waals surface area (Å²) in [7, 11) is 0. The van der Waals surface area contributed by atoms with E-state index in [1.165, 1.54) is 6.07 Å². The van der Waals surface area contributed by atoms with Crippen molar-refractivity contribution in [3.63, 3.8) is 0 Å². The monoisotopic (exact) mass is 391 g/mol. The average molecular weight is 393 g/mol. The van der Waals surface area contributed by atoms with Crippen molar-refractivity contribution in [1.82, 2.24) is 4.98 Å². The van der Waals surface area contributed by atoms with E-state index in [-0.39, 0.29) is 58.8 Å². The number of halogens is 3. The predicted octanol–water partition coefficient (Wildman–Crippen LogP) is 3.80. The van der Waals surface area contributed by atoms with Gasteiger partial charge in [-0.15, -0.1) is 0 Å².